The Morgan fingerprint density at radius 1 is 1.10 bits per heavy atom. The fraction of sp³-hybridized carbons (Fsp3) is 0.238. The lowest BCUT2D eigenvalue weighted by molar-refractivity contribution is 0.0608. The number of rotatable bonds is 4. The van der Waals surface area contributed by atoms with Crippen LogP contribution in [0.1, 0.15) is 6.42 Å². The molecule has 9 heteroatoms. The number of hydrogen-bond donors (Lipinski definition) is 1. The van der Waals surface area contributed by atoms with E-state index in [9.17, 15) is 12.8 Å². The third kappa shape index (κ3) is 3.15. The Labute approximate surface area is 173 Å². The first-order valence-corrected chi connectivity index (χ1v) is 11.0. The van der Waals surface area contributed by atoms with Gasteiger partial charge in [-0.1, -0.05) is 24.3 Å². The monoisotopic (exact) mass is 426 g/mol. The normalized spacial score (nSPS) is 21.2. The first kappa shape index (κ1) is 19.1. The Balaban J connectivity index is 1.54. The summed E-state index contributed by atoms with van der Waals surface area (Å²) in [7, 11) is -3.73. The highest BCUT2D eigenvalue weighted by atomic mass is 32.2. The molecule has 2 aromatic carbocycles. The summed E-state index contributed by atoms with van der Waals surface area (Å²) in [6.45, 7) is 0.766. The summed E-state index contributed by atoms with van der Waals surface area (Å²) in [4.78, 5) is 8.20. The van der Waals surface area contributed by atoms with Gasteiger partial charge < -0.3 is 10.5 Å². The number of morpholine rings is 1. The molecule has 2 bridgehead atoms. The van der Waals surface area contributed by atoms with Crippen LogP contribution in [-0.2, 0) is 14.8 Å². The van der Waals surface area contributed by atoms with Crippen LogP contribution in [0.4, 0.5) is 10.2 Å². The van der Waals surface area contributed by atoms with Crippen LogP contribution < -0.4 is 5.73 Å². The van der Waals surface area contributed by atoms with Gasteiger partial charge in [-0.15, -0.1) is 0 Å². The number of aromatic nitrogens is 2. The van der Waals surface area contributed by atoms with Crippen molar-refractivity contribution in [1.82, 2.24) is 14.3 Å². The molecule has 0 spiro atoms. The van der Waals surface area contributed by atoms with E-state index in [1.165, 1.54) is 22.8 Å². The molecule has 0 amide bonds. The molecular weight excluding hydrogens is 407 g/mol. The van der Waals surface area contributed by atoms with E-state index >= 15 is 0 Å². The highest BCUT2D eigenvalue weighted by Crippen LogP contribution is 2.37. The second kappa shape index (κ2) is 7.12. The molecule has 154 valence electrons. The molecule has 2 saturated heterocycles. The van der Waals surface area contributed by atoms with Crippen molar-refractivity contribution in [3.63, 3.8) is 0 Å². The zero-order chi connectivity index (χ0) is 20.9. The van der Waals surface area contributed by atoms with Gasteiger partial charge in [0.2, 0.25) is 10.0 Å². The summed E-state index contributed by atoms with van der Waals surface area (Å²) in [6, 6.07) is 11.1. The maximum Gasteiger partial charge on any atom is 0.244 e. The molecule has 0 unspecified atom stereocenters. The van der Waals surface area contributed by atoms with Crippen molar-refractivity contribution >= 4 is 15.8 Å². The molecule has 2 aliphatic rings. The molecule has 2 atom stereocenters. The van der Waals surface area contributed by atoms with Crippen LogP contribution in [0.15, 0.2) is 59.8 Å². The fourth-order valence-corrected chi connectivity index (χ4v) is 5.95. The van der Waals surface area contributed by atoms with E-state index in [0.29, 0.717) is 36.4 Å². The first-order chi connectivity index (χ1) is 14.4. The summed E-state index contributed by atoms with van der Waals surface area (Å²) in [5.74, 6) is -0.275. The van der Waals surface area contributed by atoms with Crippen molar-refractivity contribution in [2.75, 3.05) is 18.9 Å². The highest BCUT2D eigenvalue weighted by molar-refractivity contribution is 7.89. The molecule has 2 fully saturated rings. The predicted molar refractivity (Wildman–Crippen MR) is 109 cm³/mol. The van der Waals surface area contributed by atoms with Crippen LogP contribution in [0.3, 0.4) is 0 Å². The molecule has 0 radical (unpaired) electrons. The highest BCUT2D eigenvalue weighted by Gasteiger charge is 2.45. The van der Waals surface area contributed by atoms with Crippen LogP contribution in [0, 0.1) is 5.82 Å². The number of anilines is 1. The van der Waals surface area contributed by atoms with Crippen LogP contribution in [0.25, 0.3) is 22.4 Å². The number of nitrogens with two attached hydrogens (primary N) is 1. The first-order valence-electron chi connectivity index (χ1n) is 9.54. The van der Waals surface area contributed by atoms with Crippen molar-refractivity contribution in [3.05, 3.63) is 60.7 Å². The molecule has 5 rings (SSSR count). The number of hydrogen-bond acceptors (Lipinski definition) is 6. The second-order valence-electron chi connectivity index (χ2n) is 7.44. The molecular formula is C21H19FN4O3S. The lowest BCUT2D eigenvalue weighted by Gasteiger charge is -2.27. The average Bonchev–Trinajstić information content (AvgIpc) is 3.39. The van der Waals surface area contributed by atoms with Gasteiger partial charge in [0, 0.05) is 17.7 Å². The average molecular weight is 426 g/mol. The SMILES string of the molecule is Nc1cnc(-c2ccc(-c3ccccc3S(=O)(=O)N3C[C@@H]4C[C@H]3CO4)cc2F)cn1. The van der Waals surface area contributed by atoms with E-state index in [4.69, 9.17) is 10.5 Å². The zero-order valence-corrected chi connectivity index (χ0v) is 16.7. The molecule has 3 heterocycles. The Bertz CT molecular complexity index is 1220. The molecule has 1 aromatic heterocycles. The summed E-state index contributed by atoms with van der Waals surface area (Å²) >= 11 is 0. The van der Waals surface area contributed by atoms with E-state index in [2.05, 4.69) is 9.97 Å². The van der Waals surface area contributed by atoms with E-state index in [1.54, 1.807) is 36.4 Å². The van der Waals surface area contributed by atoms with Crippen molar-refractivity contribution < 1.29 is 17.5 Å². The summed E-state index contributed by atoms with van der Waals surface area (Å²) in [5, 5.41) is 0. The number of benzene rings is 2. The second-order valence-corrected chi connectivity index (χ2v) is 9.30. The molecule has 2 aliphatic heterocycles. The van der Waals surface area contributed by atoms with Crippen molar-refractivity contribution in [1.29, 1.82) is 0 Å². The quantitative estimate of drug-likeness (QED) is 0.689. The van der Waals surface area contributed by atoms with Gasteiger partial charge in [0.25, 0.3) is 0 Å². The number of nitrogens with zero attached hydrogens (tertiary/aromatic N) is 3. The minimum Gasteiger partial charge on any atom is -0.382 e. The van der Waals surface area contributed by atoms with Gasteiger partial charge in [0.1, 0.15) is 11.6 Å². The molecule has 7 nitrogen and oxygen atoms in total. The van der Waals surface area contributed by atoms with Crippen molar-refractivity contribution in [2.45, 2.75) is 23.5 Å². The fourth-order valence-electron chi connectivity index (χ4n) is 4.08. The summed E-state index contributed by atoms with van der Waals surface area (Å²) < 4.78 is 48.7. The standard InChI is InChI=1S/C21H19FN4O3S/c22-18-7-13(5-6-17(18)19-9-25-21(23)10-24-19)16-3-1-2-4-20(16)30(27,28)26-11-15-8-14(26)12-29-15/h1-7,9-10,14-15H,8,11-12H2,(H2,23,25)/t14-,15-/m0/s1. The minimum absolute atomic E-state index is 0.0466. The molecule has 30 heavy (non-hydrogen) atoms. The topological polar surface area (TPSA) is 98.4 Å². The van der Waals surface area contributed by atoms with Crippen molar-refractivity contribution in [2.24, 2.45) is 0 Å². The van der Waals surface area contributed by atoms with Crippen molar-refractivity contribution in [3.8, 4) is 22.4 Å². The number of halogens is 1. The summed E-state index contributed by atoms with van der Waals surface area (Å²) in [6.07, 6.45) is 3.43. The lowest BCUT2D eigenvalue weighted by atomic mass is 10.0. The maximum absolute atomic E-state index is 14.9. The Kier molecular flexibility index (Phi) is 4.53. The largest absolute Gasteiger partial charge is 0.382 e. The van der Waals surface area contributed by atoms with Gasteiger partial charge in [0.15, 0.2) is 0 Å². The van der Waals surface area contributed by atoms with Gasteiger partial charge in [0.05, 0.1) is 41.7 Å². The van der Waals surface area contributed by atoms with Crippen LogP contribution in [0.2, 0.25) is 0 Å². The van der Waals surface area contributed by atoms with Crippen LogP contribution in [0.5, 0.6) is 0 Å². The van der Waals surface area contributed by atoms with Crippen LogP contribution in [-0.4, -0.2) is 48.0 Å². The Morgan fingerprint density at radius 2 is 1.93 bits per heavy atom. The van der Waals surface area contributed by atoms with Gasteiger partial charge in [-0.2, -0.15) is 4.31 Å². The Hall–Kier alpha value is -2.88. The van der Waals surface area contributed by atoms with E-state index in [0.717, 1.165) is 0 Å². The Morgan fingerprint density at radius 3 is 2.60 bits per heavy atom. The number of fused-ring (bicyclic) bond motifs is 2. The molecule has 3 aromatic rings. The van der Waals surface area contributed by atoms with E-state index in [1.807, 2.05) is 0 Å². The maximum atomic E-state index is 14.9. The van der Waals surface area contributed by atoms with Gasteiger partial charge in [-0.25, -0.2) is 17.8 Å². The van der Waals surface area contributed by atoms with Gasteiger partial charge >= 0.3 is 0 Å². The third-order valence-corrected chi connectivity index (χ3v) is 7.53. The third-order valence-electron chi connectivity index (χ3n) is 5.55. The smallest absolute Gasteiger partial charge is 0.244 e. The van der Waals surface area contributed by atoms with Gasteiger partial charge in [-0.3, -0.25) is 4.98 Å². The van der Waals surface area contributed by atoms with Gasteiger partial charge in [-0.05, 0) is 30.2 Å². The van der Waals surface area contributed by atoms with E-state index < -0.39 is 15.8 Å². The zero-order valence-electron chi connectivity index (χ0n) is 15.9. The number of nitrogen functional groups attached to an aromatic ring is 1. The van der Waals surface area contributed by atoms with E-state index in [-0.39, 0.29) is 28.4 Å². The predicted octanol–water partition coefficient (Wildman–Crippen LogP) is 2.69. The minimum atomic E-state index is -3.73. The molecule has 0 saturated carbocycles. The number of sulfonamides is 1. The lowest BCUT2D eigenvalue weighted by Crippen LogP contribution is -2.41. The summed E-state index contributed by atoms with van der Waals surface area (Å²) in [5.41, 5.74) is 7.08. The molecule has 2 N–H and O–H groups in total. The number of ether oxygens (including phenoxy) is 1. The van der Waals surface area contributed by atoms with Crippen LogP contribution >= 0.6 is 0 Å². The molecule has 0 aliphatic carbocycles.